The number of rotatable bonds is 6. The predicted molar refractivity (Wildman–Crippen MR) is 72.5 cm³/mol. The molecule has 2 N–H and O–H groups in total. The fourth-order valence-corrected chi connectivity index (χ4v) is 1.98. The maximum absolute atomic E-state index is 13.7. The number of carboxylic acids is 1. The van der Waals surface area contributed by atoms with Crippen LogP contribution in [-0.4, -0.2) is 23.0 Å². The molecule has 0 aliphatic rings. The molecule has 0 saturated carbocycles. The highest BCUT2D eigenvalue weighted by atomic mass is 79.9. The zero-order chi connectivity index (χ0) is 14.4. The Kier molecular flexibility index (Phi) is 5.95. The summed E-state index contributed by atoms with van der Waals surface area (Å²) in [7, 11) is 0. The number of hydrogen-bond acceptors (Lipinski definition) is 2. The van der Waals surface area contributed by atoms with Crippen molar-refractivity contribution in [3.8, 4) is 0 Å². The van der Waals surface area contributed by atoms with Gasteiger partial charge in [-0.2, -0.15) is 0 Å². The van der Waals surface area contributed by atoms with Crippen LogP contribution in [-0.2, 0) is 4.79 Å². The van der Waals surface area contributed by atoms with E-state index in [-0.39, 0.29) is 22.5 Å². The van der Waals surface area contributed by atoms with E-state index in [9.17, 15) is 14.0 Å². The van der Waals surface area contributed by atoms with Crippen molar-refractivity contribution >= 4 is 27.8 Å². The minimum atomic E-state index is -0.864. The monoisotopic (exact) mass is 331 g/mol. The fraction of sp³-hybridized carbons (Fsp3) is 0.385. The maximum atomic E-state index is 13.7. The highest BCUT2D eigenvalue weighted by molar-refractivity contribution is 9.10. The molecule has 1 aromatic carbocycles. The van der Waals surface area contributed by atoms with Crippen molar-refractivity contribution in [1.29, 1.82) is 0 Å². The summed E-state index contributed by atoms with van der Waals surface area (Å²) in [5.41, 5.74) is -0.0283. The Morgan fingerprint density at radius 1 is 1.47 bits per heavy atom. The Hall–Kier alpha value is -1.43. The van der Waals surface area contributed by atoms with Gasteiger partial charge < -0.3 is 10.4 Å². The van der Waals surface area contributed by atoms with Crippen molar-refractivity contribution in [2.75, 3.05) is 0 Å². The van der Waals surface area contributed by atoms with Crippen LogP contribution in [0.15, 0.2) is 22.7 Å². The van der Waals surface area contributed by atoms with Crippen LogP contribution in [0.2, 0.25) is 0 Å². The number of carbonyl (C=O) groups is 2. The molecular formula is C13H15BrFNO3. The van der Waals surface area contributed by atoms with E-state index in [4.69, 9.17) is 5.11 Å². The molecule has 0 radical (unpaired) electrons. The van der Waals surface area contributed by atoms with E-state index in [0.717, 1.165) is 0 Å². The molecule has 0 fully saturated rings. The van der Waals surface area contributed by atoms with Crippen molar-refractivity contribution in [3.63, 3.8) is 0 Å². The lowest BCUT2D eigenvalue weighted by molar-refractivity contribution is -0.137. The summed E-state index contributed by atoms with van der Waals surface area (Å²) in [6.45, 7) is 1.76. The molecule has 0 saturated heterocycles. The van der Waals surface area contributed by atoms with E-state index in [1.54, 1.807) is 13.0 Å². The third kappa shape index (κ3) is 4.98. The van der Waals surface area contributed by atoms with Crippen molar-refractivity contribution in [1.82, 2.24) is 5.32 Å². The van der Waals surface area contributed by atoms with Crippen molar-refractivity contribution in [3.05, 3.63) is 34.1 Å². The third-order valence-corrected chi connectivity index (χ3v) is 3.21. The van der Waals surface area contributed by atoms with E-state index in [0.29, 0.717) is 12.8 Å². The van der Waals surface area contributed by atoms with Gasteiger partial charge in [0.2, 0.25) is 0 Å². The van der Waals surface area contributed by atoms with Gasteiger partial charge in [-0.25, -0.2) is 4.39 Å². The summed E-state index contributed by atoms with van der Waals surface area (Å²) >= 11 is 3.02. The van der Waals surface area contributed by atoms with Crippen LogP contribution in [0.5, 0.6) is 0 Å². The summed E-state index contributed by atoms with van der Waals surface area (Å²) in [5.74, 6) is -1.96. The Morgan fingerprint density at radius 2 is 2.16 bits per heavy atom. The number of carbonyl (C=O) groups excluding carboxylic acids is 1. The molecule has 6 heteroatoms. The second kappa shape index (κ2) is 7.23. The quantitative estimate of drug-likeness (QED) is 0.842. The van der Waals surface area contributed by atoms with Gasteiger partial charge >= 0.3 is 5.97 Å². The lowest BCUT2D eigenvalue weighted by Crippen LogP contribution is -2.33. The van der Waals surface area contributed by atoms with Crippen LogP contribution < -0.4 is 5.32 Å². The minimum Gasteiger partial charge on any atom is -0.481 e. The first-order chi connectivity index (χ1) is 8.91. The third-order valence-electron chi connectivity index (χ3n) is 2.60. The molecule has 4 nitrogen and oxygen atoms in total. The number of carboxylic acid groups (broad SMARTS) is 1. The van der Waals surface area contributed by atoms with E-state index in [2.05, 4.69) is 21.2 Å². The first-order valence-electron chi connectivity index (χ1n) is 5.88. The normalized spacial score (nSPS) is 11.9. The molecule has 0 bridgehead atoms. The average molecular weight is 332 g/mol. The predicted octanol–water partition coefficient (Wildman–Crippen LogP) is 2.96. The van der Waals surface area contributed by atoms with Crippen LogP contribution in [0.4, 0.5) is 4.39 Å². The van der Waals surface area contributed by atoms with E-state index in [1.165, 1.54) is 12.1 Å². The topological polar surface area (TPSA) is 66.4 Å². The van der Waals surface area contributed by atoms with Gasteiger partial charge in [-0.3, -0.25) is 9.59 Å². The van der Waals surface area contributed by atoms with Gasteiger partial charge in [0.25, 0.3) is 5.91 Å². The largest absolute Gasteiger partial charge is 0.481 e. The molecule has 0 aromatic heterocycles. The zero-order valence-electron chi connectivity index (χ0n) is 10.5. The SMILES string of the molecule is CC(CCCC(=O)O)NC(=O)c1cccc(Br)c1F. The molecule has 104 valence electrons. The standard InChI is InChI=1S/C13H15BrFNO3/c1-8(4-2-7-11(17)18)16-13(19)9-5-3-6-10(14)12(9)15/h3,5-6,8H,2,4,7H2,1H3,(H,16,19)(H,17,18). The molecule has 1 rings (SSSR count). The van der Waals surface area contributed by atoms with Gasteiger partial charge in [-0.1, -0.05) is 6.07 Å². The van der Waals surface area contributed by atoms with Gasteiger partial charge in [0.05, 0.1) is 10.0 Å². The van der Waals surface area contributed by atoms with Crippen LogP contribution in [0.1, 0.15) is 36.5 Å². The maximum Gasteiger partial charge on any atom is 0.303 e. The molecule has 0 spiro atoms. The average Bonchev–Trinajstić information content (AvgIpc) is 2.31. The van der Waals surface area contributed by atoms with Gasteiger partial charge in [-0.05, 0) is 47.8 Å². The highest BCUT2D eigenvalue weighted by Gasteiger charge is 2.15. The molecular weight excluding hydrogens is 317 g/mol. The summed E-state index contributed by atoms with van der Waals surface area (Å²) in [4.78, 5) is 22.2. The summed E-state index contributed by atoms with van der Waals surface area (Å²) in [6.07, 6.45) is 1.07. The van der Waals surface area contributed by atoms with Gasteiger partial charge in [-0.15, -0.1) is 0 Å². The Balaban J connectivity index is 2.54. The van der Waals surface area contributed by atoms with Crippen LogP contribution in [0.3, 0.4) is 0 Å². The Bertz CT molecular complexity index is 479. The fourth-order valence-electron chi connectivity index (χ4n) is 1.61. The molecule has 0 aliphatic carbocycles. The van der Waals surface area contributed by atoms with Gasteiger partial charge in [0.1, 0.15) is 5.82 Å². The van der Waals surface area contributed by atoms with E-state index < -0.39 is 17.7 Å². The number of halogens is 2. The second-order valence-electron chi connectivity index (χ2n) is 4.26. The molecule has 1 aromatic rings. The smallest absolute Gasteiger partial charge is 0.303 e. The number of amides is 1. The molecule has 1 unspecified atom stereocenters. The summed E-state index contributed by atoms with van der Waals surface area (Å²) in [5, 5.41) is 11.2. The molecule has 1 atom stereocenters. The van der Waals surface area contributed by atoms with E-state index in [1.807, 2.05) is 0 Å². The van der Waals surface area contributed by atoms with Crippen molar-refractivity contribution in [2.45, 2.75) is 32.2 Å². The Labute approximate surface area is 119 Å². The molecule has 0 aliphatic heterocycles. The number of benzene rings is 1. The zero-order valence-corrected chi connectivity index (χ0v) is 12.0. The summed E-state index contributed by atoms with van der Waals surface area (Å²) in [6, 6.07) is 4.30. The molecule has 0 heterocycles. The molecule has 19 heavy (non-hydrogen) atoms. The van der Waals surface area contributed by atoms with Crippen molar-refractivity contribution < 1.29 is 19.1 Å². The van der Waals surface area contributed by atoms with Crippen molar-refractivity contribution in [2.24, 2.45) is 0 Å². The van der Waals surface area contributed by atoms with E-state index >= 15 is 0 Å². The van der Waals surface area contributed by atoms with Crippen LogP contribution in [0, 0.1) is 5.82 Å². The van der Waals surface area contributed by atoms with Gasteiger partial charge in [0.15, 0.2) is 0 Å². The summed E-state index contributed by atoms with van der Waals surface area (Å²) < 4.78 is 13.9. The lowest BCUT2D eigenvalue weighted by Gasteiger charge is -2.13. The second-order valence-corrected chi connectivity index (χ2v) is 5.12. The van der Waals surface area contributed by atoms with Gasteiger partial charge in [0, 0.05) is 12.5 Å². The first-order valence-corrected chi connectivity index (χ1v) is 6.67. The number of nitrogens with one attached hydrogen (secondary N) is 1. The first kappa shape index (κ1) is 15.6. The molecule has 1 amide bonds. The van der Waals surface area contributed by atoms with Crippen LogP contribution >= 0.6 is 15.9 Å². The minimum absolute atomic E-state index is 0.0283. The lowest BCUT2D eigenvalue weighted by atomic mass is 10.1. The van der Waals surface area contributed by atoms with Crippen LogP contribution in [0.25, 0.3) is 0 Å². The number of aliphatic carboxylic acids is 1. The Morgan fingerprint density at radius 3 is 2.79 bits per heavy atom. The highest BCUT2D eigenvalue weighted by Crippen LogP contribution is 2.18. The number of hydrogen-bond donors (Lipinski definition) is 2.